The second-order valence-electron chi connectivity index (χ2n) is 6.86. The summed E-state index contributed by atoms with van der Waals surface area (Å²) < 4.78 is 5.35. The Morgan fingerprint density at radius 2 is 2.08 bits per heavy atom. The lowest BCUT2D eigenvalue weighted by molar-refractivity contribution is 0.0715. The molecule has 0 saturated carbocycles. The first kappa shape index (κ1) is 15.7. The Kier molecular flexibility index (Phi) is 3.53. The van der Waals surface area contributed by atoms with Crippen LogP contribution in [0.25, 0.3) is 11.8 Å². The van der Waals surface area contributed by atoms with Gasteiger partial charge in [-0.3, -0.25) is 4.79 Å². The average Bonchev–Trinajstić information content (AvgIpc) is 2.87. The van der Waals surface area contributed by atoms with E-state index in [2.05, 4.69) is 36.0 Å². The molecule has 1 unspecified atom stereocenters. The van der Waals surface area contributed by atoms with E-state index in [0.717, 1.165) is 18.4 Å². The number of ether oxygens (including phenoxy) is 1. The van der Waals surface area contributed by atoms with Crippen molar-refractivity contribution in [3.05, 3.63) is 62.6 Å². The van der Waals surface area contributed by atoms with Crippen LogP contribution in [0, 0.1) is 6.92 Å². The zero-order chi connectivity index (χ0) is 17.7. The van der Waals surface area contributed by atoms with Crippen molar-refractivity contribution in [1.29, 1.82) is 0 Å². The second kappa shape index (κ2) is 5.62. The number of anilines is 1. The van der Waals surface area contributed by atoms with Crippen molar-refractivity contribution in [1.82, 2.24) is 4.98 Å². The number of hydrogen-bond acceptors (Lipinski definition) is 4. The van der Waals surface area contributed by atoms with Crippen molar-refractivity contribution in [3.8, 4) is 0 Å². The Labute approximate surface area is 145 Å². The monoisotopic (exact) mass is 336 g/mol. The van der Waals surface area contributed by atoms with Crippen LogP contribution in [0.2, 0.25) is 0 Å². The van der Waals surface area contributed by atoms with Gasteiger partial charge in [0.25, 0.3) is 5.56 Å². The molecule has 2 aromatic rings. The fraction of sp³-hybridized carbons (Fsp3) is 0.300. The van der Waals surface area contributed by atoms with Gasteiger partial charge in [-0.25, -0.2) is 4.79 Å². The smallest absolute Gasteiger partial charge is 0.349 e. The molecule has 2 aliphatic rings. The minimum atomic E-state index is -0.589. The molecule has 0 fully saturated rings. The first-order chi connectivity index (χ1) is 11.9. The van der Waals surface area contributed by atoms with Crippen LogP contribution >= 0.6 is 0 Å². The Morgan fingerprint density at radius 1 is 1.28 bits per heavy atom. The summed E-state index contributed by atoms with van der Waals surface area (Å²) in [4.78, 5) is 29.0. The van der Waals surface area contributed by atoms with E-state index in [1.54, 1.807) is 13.0 Å². The van der Waals surface area contributed by atoms with Crippen molar-refractivity contribution in [2.24, 2.45) is 0 Å². The van der Waals surface area contributed by atoms with Crippen LogP contribution in [0.5, 0.6) is 0 Å². The van der Waals surface area contributed by atoms with Crippen molar-refractivity contribution in [3.63, 3.8) is 0 Å². The molecule has 25 heavy (non-hydrogen) atoms. The van der Waals surface area contributed by atoms with E-state index in [4.69, 9.17) is 4.74 Å². The number of esters is 1. The number of cyclic esters (lactones) is 1. The van der Waals surface area contributed by atoms with Crippen LogP contribution in [-0.4, -0.2) is 24.0 Å². The fourth-order valence-corrected chi connectivity index (χ4v) is 3.59. The molecule has 0 bridgehead atoms. The molecule has 5 nitrogen and oxygen atoms in total. The van der Waals surface area contributed by atoms with Gasteiger partial charge in [0, 0.05) is 30.0 Å². The number of hydrogen-bond donors (Lipinski definition) is 1. The molecule has 1 N–H and O–H groups in total. The summed E-state index contributed by atoms with van der Waals surface area (Å²) in [5, 5.41) is 0. The van der Waals surface area contributed by atoms with E-state index in [1.807, 2.05) is 12.1 Å². The third-order valence-electron chi connectivity index (χ3n) is 5.11. The summed E-state index contributed by atoms with van der Waals surface area (Å²) in [7, 11) is 2.12. The van der Waals surface area contributed by atoms with Gasteiger partial charge in [-0.1, -0.05) is 6.07 Å². The van der Waals surface area contributed by atoms with E-state index in [-0.39, 0.29) is 5.56 Å². The third-order valence-corrected chi connectivity index (χ3v) is 5.11. The molecule has 4 rings (SSSR count). The highest BCUT2D eigenvalue weighted by molar-refractivity contribution is 6.05. The van der Waals surface area contributed by atoms with Gasteiger partial charge in [-0.05, 0) is 62.1 Å². The summed E-state index contributed by atoms with van der Waals surface area (Å²) in [6.45, 7) is 4.02. The predicted octanol–water partition coefficient (Wildman–Crippen LogP) is 3.12. The number of H-pyrrole nitrogens is 1. The zero-order valence-electron chi connectivity index (χ0n) is 14.6. The van der Waals surface area contributed by atoms with Crippen LogP contribution in [0.3, 0.4) is 0 Å². The van der Waals surface area contributed by atoms with Crippen LogP contribution in [0.1, 0.15) is 46.1 Å². The number of carbonyl (C=O) groups excluding carboxylic acids is 1. The van der Waals surface area contributed by atoms with Crippen LogP contribution in [-0.2, 0) is 11.2 Å². The predicted molar refractivity (Wildman–Crippen MR) is 97.7 cm³/mol. The third kappa shape index (κ3) is 2.56. The number of aryl methyl sites for hydroxylation is 2. The van der Waals surface area contributed by atoms with Crippen LogP contribution in [0.4, 0.5) is 5.69 Å². The summed E-state index contributed by atoms with van der Waals surface area (Å²) in [6, 6.07) is 8.58. The number of aromatic nitrogens is 1. The maximum absolute atomic E-state index is 12.0. The van der Waals surface area contributed by atoms with E-state index in [1.165, 1.54) is 11.3 Å². The maximum Gasteiger partial charge on any atom is 0.349 e. The molecule has 1 aromatic heterocycles. The molecule has 5 heteroatoms. The minimum Gasteiger partial charge on any atom is -0.422 e. The zero-order valence-corrected chi connectivity index (χ0v) is 14.6. The summed E-state index contributed by atoms with van der Waals surface area (Å²) >= 11 is 0. The molecule has 0 amide bonds. The highest BCUT2D eigenvalue weighted by atomic mass is 16.5. The average molecular weight is 336 g/mol. The largest absolute Gasteiger partial charge is 0.422 e. The number of aromatic amines is 1. The van der Waals surface area contributed by atoms with Crippen LogP contribution in [0.15, 0.2) is 29.1 Å². The van der Waals surface area contributed by atoms with Gasteiger partial charge < -0.3 is 14.6 Å². The molecular weight excluding hydrogens is 316 g/mol. The van der Waals surface area contributed by atoms with Gasteiger partial charge in [-0.2, -0.15) is 0 Å². The topological polar surface area (TPSA) is 62.4 Å². The highest BCUT2D eigenvalue weighted by Crippen LogP contribution is 2.33. The first-order valence-electron chi connectivity index (χ1n) is 8.48. The maximum atomic E-state index is 12.0. The second-order valence-corrected chi connectivity index (χ2v) is 6.86. The molecule has 1 aromatic carbocycles. The summed E-state index contributed by atoms with van der Waals surface area (Å²) in [6.07, 6.45) is 3.99. The SMILES string of the molecule is Cc1cc2c(c(=O)[nH]1)C(=O)O/C2=C/c1ccc2c(c1)CCC(C)N2C. The van der Waals surface area contributed by atoms with Crippen molar-refractivity contribution < 1.29 is 9.53 Å². The van der Waals surface area contributed by atoms with Gasteiger partial charge in [-0.15, -0.1) is 0 Å². The molecule has 0 radical (unpaired) electrons. The molecular formula is C20H20N2O3. The lowest BCUT2D eigenvalue weighted by atomic mass is 9.95. The van der Waals surface area contributed by atoms with Crippen molar-refractivity contribution in [2.45, 2.75) is 32.7 Å². The minimum absolute atomic E-state index is 0.0865. The fourth-order valence-electron chi connectivity index (χ4n) is 3.59. The summed E-state index contributed by atoms with van der Waals surface area (Å²) in [5.74, 6) is -0.152. The van der Waals surface area contributed by atoms with E-state index in [9.17, 15) is 9.59 Å². The van der Waals surface area contributed by atoms with Gasteiger partial charge in [0.2, 0.25) is 0 Å². The normalized spacial score (nSPS) is 20.4. The molecule has 3 heterocycles. The lowest BCUT2D eigenvalue weighted by Gasteiger charge is -2.34. The Bertz CT molecular complexity index is 971. The number of pyridine rings is 1. The first-order valence-corrected chi connectivity index (χ1v) is 8.48. The van der Waals surface area contributed by atoms with Crippen LogP contribution < -0.4 is 10.5 Å². The van der Waals surface area contributed by atoms with Gasteiger partial charge in [0.1, 0.15) is 11.3 Å². The van der Waals surface area contributed by atoms with E-state index < -0.39 is 11.5 Å². The van der Waals surface area contributed by atoms with Crippen molar-refractivity contribution >= 4 is 23.5 Å². The number of carbonyl (C=O) groups is 1. The van der Waals surface area contributed by atoms with E-state index >= 15 is 0 Å². The molecule has 1 atom stereocenters. The molecule has 0 spiro atoms. The Balaban J connectivity index is 1.77. The van der Waals surface area contributed by atoms with Gasteiger partial charge in [0.05, 0.1) is 0 Å². The molecule has 0 aliphatic carbocycles. The lowest BCUT2D eigenvalue weighted by Crippen LogP contribution is -2.33. The Morgan fingerprint density at radius 3 is 2.88 bits per heavy atom. The van der Waals surface area contributed by atoms with Gasteiger partial charge >= 0.3 is 5.97 Å². The standard InChI is InChI=1S/C20H20N2O3/c1-11-8-15-17(25-20(24)18(15)19(23)21-11)10-13-5-7-16-14(9-13)6-4-12(2)22(16)3/h5,7-10,12H,4,6H2,1-3H3,(H,21,23)/b17-10+. The number of nitrogens with zero attached hydrogens (tertiary/aromatic N) is 1. The van der Waals surface area contributed by atoms with Crippen molar-refractivity contribution in [2.75, 3.05) is 11.9 Å². The number of benzene rings is 1. The molecule has 0 saturated heterocycles. The van der Waals surface area contributed by atoms with E-state index in [0.29, 0.717) is 23.1 Å². The summed E-state index contributed by atoms with van der Waals surface area (Å²) in [5.41, 5.74) is 4.46. The quantitative estimate of drug-likeness (QED) is 0.813. The number of nitrogens with one attached hydrogen (secondary N) is 1. The Hall–Kier alpha value is -2.82. The molecule has 128 valence electrons. The highest BCUT2D eigenvalue weighted by Gasteiger charge is 2.30. The number of rotatable bonds is 1. The van der Waals surface area contributed by atoms with Gasteiger partial charge in [0.15, 0.2) is 0 Å². The number of fused-ring (bicyclic) bond motifs is 2. The molecule has 2 aliphatic heterocycles.